The molecule has 1 aliphatic rings. The lowest BCUT2D eigenvalue weighted by Gasteiger charge is -2.39. The number of aliphatic hydroxyl groups is 1. The van der Waals surface area contributed by atoms with Crippen molar-refractivity contribution in [2.24, 2.45) is 5.92 Å². The highest BCUT2D eigenvalue weighted by molar-refractivity contribution is 5.75. The third-order valence-corrected chi connectivity index (χ3v) is 5.43. The van der Waals surface area contributed by atoms with Gasteiger partial charge in [-0.2, -0.15) is 5.26 Å². The van der Waals surface area contributed by atoms with E-state index in [1.807, 2.05) is 29.6 Å². The van der Waals surface area contributed by atoms with Crippen LogP contribution in [0.2, 0.25) is 0 Å². The molecule has 1 unspecified atom stereocenters. The van der Waals surface area contributed by atoms with Crippen molar-refractivity contribution in [1.29, 1.82) is 5.26 Å². The number of likely N-dealkylation sites (tertiary alicyclic amines) is 1. The molecule has 0 aromatic carbocycles. The number of fused-ring (bicyclic) bond motifs is 3. The highest BCUT2D eigenvalue weighted by atomic mass is 16.3. The number of hydrogen-bond donors (Lipinski definition) is 2. The standard InChI is InChI=1S/C18H22N6O/c1-2-12-5-8-23(16(25)3-6-19)11-14(12)18-22-10-13-9-21-17-15(24(13)18)4-7-20-17/h4,7,9-10,12,14,16,20,25H,2-3,5,8,11H2,1H3/t12-,14+,16?/m0/s1. The van der Waals surface area contributed by atoms with Crippen LogP contribution in [0.5, 0.6) is 0 Å². The molecule has 0 aliphatic carbocycles. The van der Waals surface area contributed by atoms with Gasteiger partial charge in [0.1, 0.15) is 12.1 Å². The maximum atomic E-state index is 10.3. The Balaban J connectivity index is 1.76. The molecule has 7 nitrogen and oxygen atoms in total. The van der Waals surface area contributed by atoms with E-state index in [2.05, 4.69) is 27.4 Å². The molecule has 130 valence electrons. The molecule has 2 N–H and O–H groups in total. The van der Waals surface area contributed by atoms with Gasteiger partial charge >= 0.3 is 0 Å². The van der Waals surface area contributed by atoms with E-state index in [4.69, 9.17) is 10.2 Å². The van der Waals surface area contributed by atoms with Crippen molar-refractivity contribution < 1.29 is 5.11 Å². The van der Waals surface area contributed by atoms with Crippen LogP contribution < -0.4 is 0 Å². The van der Waals surface area contributed by atoms with E-state index in [1.165, 1.54) is 0 Å². The van der Waals surface area contributed by atoms with Crippen molar-refractivity contribution in [3.63, 3.8) is 0 Å². The number of nitrogens with one attached hydrogen (secondary N) is 1. The minimum Gasteiger partial charge on any atom is -0.377 e. The summed E-state index contributed by atoms with van der Waals surface area (Å²) < 4.78 is 2.17. The average molecular weight is 338 g/mol. The second kappa shape index (κ2) is 6.47. The lowest BCUT2D eigenvalue weighted by atomic mass is 9.82. The second-order valence-electron chi connectivity index (χ2n) is 6.75. The normalized spacial score (nSPS) is 23.1. The van der Waals surface area contributed by atoms with Crippen LogP contribution in [0.15, 0.2) is 24.7 Å². The highest BCUT2D eigenvalue weighted by Gasteiger charge is 2.34. The van der Waals surface area contributed by atoms with Crippen molar-refractivity contribution >= 4 is 16.7 Å². The van der Waals surface area contributed by atoms with Gasteiger partial charge in [0.2, 0.25) is 0 Å². The molecule has 1 aliphatic heterocycles. The molecule has 1 fully saturated rings. The SMILES string of the molecule is CC[C@H]1CCN(C(O)CC#N)C[C@H]1c1ncc2cnc3[nH]ccc3n12. The summed E-state index contributed by atoms with van der Waals surface area (Å²) in [4.78, 5) is 14.3. The van der Waals surface area contributed by atoms with Crippen molar-refractivity contribution in [1.82, 2.24) is 24.3 Å². The molecule has 0 spiro atoms. The largest absolute Gasteiger partial charge is 0.377 e. The first-order valence-electron chi connectivity index (χ1n) is 8.81. The van der Waals surface area contributed by atoms with Gasteiger partial charge < -0.3 is 10.1 Å². The van der Waals surface area contributed by atoms with Gasteiger partial charge in [0, 0.05) is 25.2 Å². The zero-order valence-electron chi connectivity index (χ0n) is 14.3. The number of aromatic amines is 1. The number of imidazole rings is 1. The molecule has 3 aromatic heterocycles. The van der Waals surface area contributed by atoms with Crippen molar-refractivity contribution in [3.8, 4) is 6.07 Å². The molecule has 4 rings (SSSR count). The highest BCUT2D eigenvalue weighted by Crippen LogP contribution is 2.35. The lowest BCUT2D eigenvalue weighted by Crippen LogP contribution is -2.45. The van der Waals surface area contributed by atoms with Crippen LogP contribution in [0.3, 0.4) is 0 Å². The number of piperidine rings is 1. The fourth-order valence-electron chi connectivity index (χ4n) is 4.05. The summed E-state index contributed by atoms with van der Waals surface area (Å²) in [6.45, 7) is 3.75. The van der Waals surface area contributed by atoms with E-state index in [9.17, 15) is 5.11 Å². The fourth-order valence-corrected chi connectivity index (χ4v) is 4.05. The van der Waals surface area contributed by atoms with E-state index < -0.39 is 6.23 Å². The minimum absolute atomic E-state index is 0.137. The van der Waals surface area contributed by atoms with Crippen LogP contribution in [0.4, 0.5) is 0 Å². The van der Waals surface area contributed by atoms with Gasteiger partial charge in [-0.15, -0.1) is 0 Å². The predicted molar refractivity (Wildman–Crippen MR) is 93.8 cm³/mol. The molecule has 0 saturated carbocycles. The van der Waals surface area contributed by atoms with Crippen LogP contribution in [0.25, 0.3) is 16.7 Å². The van der Waals surface area contributed by atoms with Gasteiger partial charge in [-0.05, 0) is 18.4 Å². The first kappa shape index (κ1) is 16.1. The Hall–Kier alpha value is -2.43. The topological polar surface area (TPSA) is 93.2 Å². The van der Waals surface area contributed by atoms with Crippen molar-refractivity contribution in [2.45, 2.75) is 38.3 Å². The summed E-state index contributed by atoms with van der Waals surface area (Å²) in [5.74, 6) is 1.75. The molecule has 4 heterocycles. The third-order valence-electron chi connectivity index (χ3n) is 5.43. The van der Waals surface area contributed by atoms with E-state index in [0.29, 0.717) is 12.5 Å². The Bertz CT molecular complexity index is 923. The first-order valence-corrected chi connectivity index (χ1v) is 8.81. The van der Waals surface area contributed by atoms with Gasteiger partial charge in [0.05, 0.1) is 35.9 Å². The van der Waals surface area contributed by atoms with Crippen LogP contribution in [-0.2, 0) is 0 Å². The van der Waals surface area contributed by atoms with Crippen LogP contribution in [0.1, 0.15) is 37.9 Å². The summed E-state index contributed by atoms with van der Waals surface area (Å²) in [5.41, 5.74) is 2.85. The number of aliphatic hydroxyl groups excluding tert-OH is 1. The zero-order chi connectivity index (χ0) is 17.4. The summed E-state index contributed by atoms with van der Waals surface area (Å²) in [6, 6.07) is 4.09. The predicted octanol–water partition coefficient (Wildman–Crippen LogP) is 2.26. The third kappa shape index (κ3) is 2.68. The lowest BCUT2D eigenvalue weighted by molar-refractivity contribution is -0.0216. The minimum atomic E-state index is -0.703. The van der Waals surface area contributed by atoms with Gasteiger partial charge in [-0.1, -0.05) is 13.3 Å². The van der Waals surface area contributed by atoms with Crippen LogP contribution in [0, 0.1) is 17.2 Å². The Labute approximate surface area is 145 Å². The summed E-state index contributed by atoms with van der Waals surface area (Å²) in [5, 5.41) is 19.1. The fraction of sp³-hybridized carbons (Fsp3) is 0.500. The zero-order valence-corrected chi connectivity index (χ0v) is 14.3. The van der Waals surface area contributed by atoms with Gasteiger partial charge in [-0.3, -0.25) is 9.30 Å². The smallest absolute Gasteiger partial charge is 0.154 e. The quantitative estimate of drug-likeness (QED) is 0.761. The van der Waals surface area contributed by atoms with Crippen LogP contribution >= 0.6 is 0 Å². The Morgan fingerprint density at radius 1 is 1.44 bits per heavy atom. The van der Waals surface area contributed by atoms with E-state index >= 15 is 0 Å². The molecular formula is C18H22N6O. The summed E-state index contributed by atoms with van der Waals surface area (Å²) in [6.07, 6.45) is 7.10. The Morgan fingerprint density at radius 3 is 3.08 bits per heavy atom. The number of aromatic nitrogens is 4. The van der Waals surface area contributed by atoms with Gasteiger partial charge in [0.15, 0.2) is 5.65 Å². The molecule has 0 bridgehead atoms. The number of H-pyrrole nitrogens is 1. The Morgan fingerprint density at radius 2 is 2.28 bits per heavy atom. The molecule has 3 atom stereocenters. The number of nitriles is 1. The second-order valence-corrected chi connectivity index (χ2v) is 6.75. The van der Waals surface area contributed by atoms with Crippen LogP contribution in [-0.4, -0.2) is 48.7 Å². The number of hydrogen-bond acceptors (Lipinski definition) is 5. The average Bonchev–Trinajstić information content (AvgIpc) is 3.27. The maximum Gasteiger partial charge on any atom is 0.154 e. The summed E-state index contributed by atoms with van der Waals surface area (Å²) in [7, 11) is 0. The molecule has 0 amide bonds. The van der Waals surface area contributed by atoms with E-state index in [1.54, 1.807) is 0 Å². The maximum absolute atomic E-state index is 10.3. The Kier molecular flexibility index (Phi) is 4.15. The molecular weight excluding hydrogens is 316 g/mol. The number of rotatable bonds is 4. The summed E-state index contributed by atoms with van der Waals surface area (Å²) >= 11 is 0. The molecule has 0 radical (unpaired) electrons. The van der Waals surface area contributed by atoms with Crippen molar-refractivity contribution in [2.75, 3.05) is 13.1 Å². The molecule has 7 heteroatoms. The monoisotopic (exact) mass is 338 g/mol. The van der Waals surface area contributed by atoms with Gasteiger partial charge in [0.25, 0.3) is 0 Å². The number of nitrogens with zero attached hydrogens (tertiary/aromatic N) is 5. The molecule has 1 saturated heterocycles. The van der Waals surface area contributed by atoms with Gasteiger partial charge in [-0.25, -0.2) is 9.97 Å². The van der Waals surface area contributed by atoms with E-state index in [0.717, 1.165) is 41.9 Å². The molecule has 3 aromatic rings. The first-order chi connectivity index (χ1) is 12.2. The molecule has 25 heavy (non-hydrogen) atoms. The van der Waals surface area contributed by atoms with Crippen molar-refractivity contribution in [3.05, 3.63) is 30.5 Å². The van der Waals surface area contributed by atoms with E-state index in [-0.39, 0.29) is 12.3 Å².